The molecule has 3 aromatic rings. The van der Waals surface area contributed by atoms with Gasteiger partial charge in [-0.2, -0.15) is 4.52 Å². The number of sulfonamides is 1. The maximum atomic E-state index is 14.0. The highest BCUT2D eigenvalue weighted by Gasteiger charge is 2.14. The van der Waals surface area contributed by atoms with Crippen LogP contribution in [0.4, 0.5) is 10.2 Å². The lowest BCUT2D eigenvalue weighted by Gasteiger charge is -2.14. The van der Waals surface area contributed by atoms with Gasteiger partial charge in [-0.25, -0.2) is 17.1 Å². The van der Waals surface area contributed by atoms with Crippen LogP contribution >= 0.6 is 0 Å². The maximum Gasteiger partial charge on any atom is 0.210 e. The predicted octanol–water partition coefficient (Wildman–Crippen LogP) is 1.62. The van der Waals surface area contributed by atoms with Crippen molar-refractivity contribution in [3.05, 3.63) is 42.2 Å². The van der Waals surface area contributed by atoms with Crippen molar-refractivity contribution < 1.29 is 12.8 Å². The summed E-state index contributed by atoms with van der Waals surface area (Å²) in [6, 6.07) is 9.78. The topological polar surface area (TPSA) is 92.5 Å². The summed E-state index contributed by atoms with van der Waals surface area (Å²) in [4.78, 5) is 0. The number of halogens is 1. The van der Waals surface area contributed by atoms with Crippen LogP contribution in [-0.4, -0.2) is 58.9 Å². The minimum Gasteiger partial charge on any atom is -0.369 e. The zero-order valence-corrected chi connectivity index (χ0v) is 15.2. The first-order valence-corrected chi connectivity index (χ1v) is 9.83. The quantitative estimate of drug-likeness (QED) is 0.628. The van der Waals surface area contributed by atoms with Crippen molar-refractivity contribution in [2.45, 2.75) is 6.42 Å². The summed E-state index contributed by atoms with van der Waals surface area (Å²) in [6.07, 6.45) is 1.79. The number of aromatic nitrogens is 4. The lowest BCUT2D eigenvalue weighted by atomic mass is 10.2. The van der Waals surface area contributed by atoms with Crippen LogP contribution in [0, 0.1) is 5.82 Å². The van der Waals surface area contributed by atoms with E-state index < -0.39 is 15.8 Å². The number of anilines is 1. The third-order valence-electron chi connectivity index (χ3n) is 3.90. The van der Waals surface area contributed by atoms with Crippen molar-refractivity contribution in [2.24, 2.45) is 0 Å². The second-order valence-corrected chi connectivity index (χ2v) is 7.95. The summed E-state index contributed by atoms with van der Waals surface area (Å²) < 4.78 is 39.5. The molecule has 0 saturated carbocycles. The standard InChI is InChI=1S/C16H19FN6O2S/c1-22(26(2,24)25)11-5-10-18-14-8-9-15-19-20-16(23(15)21-14)12-6-3-4-7-13(12)17/h3-4,6-9H,5,10-11H2,1-2H3,(H,18,21). The first-order valence-electron chi connectivity index (χ1n) is 7.99. The van der Waals surface area contributed by atoms with Crippen molar-refractivity contribution in [3.63, 3.8) is 0 Å². The van der Waals surface area contributed by atoms with E-state index in [0.29, 0.717) is 42.4 Å². The van der Waals surface area contributed by atoms with Gasteiger partial charge in [-0.15, -0.1) is 15.3 Å². The van der Waals surface area contributed by atoms with Gasteiger partial charge in [-0.05, 0) is 30.7 Å². The van der Waals surface area contributed by atoms with Crippen LogP contribution in [-0.2, 0) is 10.0 Å². The van der Waals surface area contributed by atoms with Crippen LogP contribution < -0.4 is 5.32 Å². The molecule has 0 aliphatic heterocycles. The van der Waals surface area contributed by atoms with Crippen molar-refractivity contribution >= 4 is 21.5 Å². The average Bonchev–Trinajstić information content (AvgIpc) is 3.01. The summed E-state index contributed by atoms with van der Waals surface area (Å²) in [5, 5.41) is 15.6. The molecule has 138 valence electrons. The molecule has 0 fully saturated rings. The van der Waals surface area contributed by atoms with Crippen LogP contribution in [0.25, 0.3) is 17.0 Å². The van der Waals surface area contributed by atoms with E-state index >= 15 is 0 Å². The van der Waals surface area contributed by atoms with E-state index in [4.69, 9.17) is 0 Å². The molecule has 0 saturated heterocycles. The van der Waals surface area contributed by atoms with Gasteiger partial charge >= 0.3 is 0 Å². The average molecular weight is 378 g/mol. The smallest absolute Gasteiger partial charge is 0.210 e. The van der Waals surface area contributed by atoms with Gasteiger partial charge in [-0.1, -0.05) is 12.1 Å². The van der Waals surface area contributed by atoms with Crippen LogP contribution in [0.5, 0.6) is 0 Å². The molecule has 8 nitrogen and oxygen atoms in total. The predicted molar refractivity (Wildman–Crippen MR) is 96.8 cm³/mol. The minimum atomic E-state index is -3.18. The molecule has 0 bridgehead atoms. The zero-order chi connectivity index (χ0) is 18.7. The van der Waals surface area contributed by atoms with Gasteiger partial charge in [-0.3, -0.25) is 0 Å². The Labute approximate surface area is 150 Å². The van der Waals surface area contributed by atoms with Crippen molar-refractivity contribution in [2.75, 3.05) is 31.7 Å². The second-order valence-electron chi connectivity index (χ2n) is 5.86. The summed E-state index contributed by atoms with van der Waals surface area (Å²) in [5.41, 5.74) is 0.824. The highest BCUT2D eigenvalue weighted by Crippen LogP contribution is 2.21. The van der Waals surface area contributed by atoms with E-state index in [1.54, 1.807) is 30.3 Å². The van der Waals surface area contributed by atoms with Crippen LogP contribution in [0.3, 0.4) is 0 Å². The molecule has 0 amide bonds. The molecule has 0 atom stereocenters. The molecule has 0 unspecified atom stereocenters. The van der Waals surface area contributed by atoms with Crippen LogP contribution in [0.1, 0.15) is 6.42 Å². The third-order valence-corrected chi connectivity index (χ3v) is 5.21. The Bertz CT molecular complexity index is 1020. The number of benzene rings is 1. The lowest BCUT2D eigenvalue weighted by Crippen LogP contribution is -2.27. The molecule has 1 aromatic carbocycles. The third kappa shape index (κ3) is 3.97. The Hall–Kier alpha value is -2.59. The SMILES string of the molecule is CN(CCCNc1ccc2nnc(-c3ccccc3F)n2n1)S(C)(=O)=O. The van der Waals surface area contributed by atoms with Crippen molar-refractivity contribution in [3.8, 4) is 11.4 Å². The Balaban J connectivity index is 1.73. The second kappa shape index (κ2) is 7.34. The highest BCUT2D eigenvalue weighted by molar-refractivity contribution is 7.88. The largest absolute Gasteiger partial charge is 0.369 e. The molecule has 1 N–H and O–H groups in total. The molecule has 2 heterocycles. The Morgan fingerprint density at radius 1 is 1.19 bits per heavy atom. The van der Waals surface area contributed by atoms with E-state index in [-0.39, 0.29) is 0 Å². The lowest BCUT2D eigenvalue weighted by molar-refractivity contribution is 0.470. The molecule has 0 spiro atoms. The number of rotatable bonds is 7. The molecule has 2 aromatic heterocycles. The first-order chi connectivity index (χ1) is 12.4. The Morgan fingerprint density at radius 2 is 1.96 bits per heavy atom. The first kappa shape index (κ1) is 18.2. The number of hydrogen-bond donors (Lipinski definition) is 1. The Morgan fingerprint density at radius 3 is 2.69 bits per heavy atom. The van der Waals surface area contributed by atoms with Crippen molar-refractivity contribution in [1.82, 2.24) is 24.1 Å². The van der Waals surface area contributed by atoms with Gasteiger partial charge in [0.1, 0.15) is 11.6 Å². The molecular formula is C16H19FN6O2S. The summed E-state index contributed by atoms with van der Waals surface area (Å²) in [5.74, 6) is 0.487. The van der Waals surface area contributed by atoms with E-state index in [1.165, 1.54) is 28.2 Å². The molecule has 0 aliphatic rings. The molecule has 3 rings (SSSR count). The van der Waals surface area contributed by atoms with Gasteiger partial charge in [0.05, 0.1) is 11.8 Å². The normalized spacial score (nSPS) is 12.0. The molecular weight excluding hydrogens is 359 g/mol. The van der Waals surface area contributed by atoms with Crippen LogP contribution in [0.15, 0.2) is 36.4 Å². The fraction of sp³-hybridized carbons (Fsp3) is 0.312. The van der Waals surface area contributed by atoms with Crippen molar-refractivity contribution in [1.29, 1.82) is 0 Å². The number of nitrogens with one attached hydrogen (secondary N) is 1. The van der Waals surface area contributed by atoms with E-state index in [0.717, 1.165) is 0 Å². The number of fused-ring (bicyclic) bond motifs is 1. The molecule has 0 aliphatic carbocycles. The maximum absolute atomic E-state index is 14.0. The van der Waals surface area contributed by atoms with Gasteiger partial charge in [0.15, 0.2) is 11.5 Å². The summed E-state index contributed by atoms with van der Waals surface area (Å²) in [7, 11) is -1.64. The fourth-order valence-corrected chi connectivity index (χ4v) is 2.84. The number of nitrogens with zero attached hydrogens (tertiary/aromatic N) is 5. The summed E-state index contributed by atoms with van der Waals surface area (Å²) in [6.45, 7) is 0.941. The highest BCUT2D eigenvalue weighted by atomic mass is 32.2. The van der Waals surface area contributed by atoms with E-state index in [9.17, 15) is 12.8 Å². The van der Waals surface area contributed by atoms with E-state index in [2.05, 4.69) is 20.6 Å². The molecule has 0 radical (unpaired) electrons. The Kier molecular flexibility index (Phi) is 5.14. The summed E-state index contributed by atoms with van der Waals surface area (Å²) >= 11 is 0. The van der Waals surface area contributed by atoms with Gasteiger partial charge < -0.3 is 5.32 Å². The van der Waals surface area contributed by atoms with Gasteiger partial charge in [0, 0.05) is 20.1 Å². The molecule has 10 heteroatoms. The van der Waals surface area contributed by atoms with Gasteiger partial charge in [0.25, 0.3) is 0 Å². The fourth-order valence-electron chi connectivity index (χ4n) is 2.38. The molecule has 26 heavy (non-hydrogen) atoms. The van der Waals surface area contributed by atoms with Gasteiger partial charge in [0.2, 0.25) is 10.0 Å². The van der Waals surface area contributed by atoms with Crippen LogP contribution in [0.2, 0.25) is 0 Å². The number of hydrogen-bond acceptors (Lipinski definition) is 6. The zero-order valence-electron chi connectivity index (χ0n) is 14.4. The van der Waals surface area contributed by atoms with E-state index in [1.807, 2.05) is 0 Å². The monoisotopic (exact) mass is 378 g/mol. The minimum absolute atomic E-state index is 0.318.